The normalized spacial score (nSPS) is 10.5. The molecule has 0 saturated carbocycles. The summed E-state index contributed by atoms with van der Waals surface area (Å²) >= 11 is 0. The number of aromatic nitrogens is 2. The molecule has 0 radical (unpaired) electrons. The van der Waals surface area contributed by atoms with Crippen molar-refractivity contribution in [1.29, 1.82) is 0 Å². The number of furan rings is 1. The zero-order valence-corrected chi connectivity index (χ0v) is 11.3. The van der Waals surface area contributed by atoms with E-state index in [1.165, 1.54) is 12.3 Å². The van der Waals surface area contributed by atoms with Crippen LogP contribution < -0.4 is 0 Å². The first-order valence-corrected chi connectivity index (χ1v) is 6.32. The summed E-state index contributed by atoms with van der Waals surface area (Å²) in [7, 11) is 0. The van der Waals surface area contributed by atoms with Gasteiger partial charge < -0.3 is 13.6 Å². The number of esters is 1. The molecule has 3 aromatic rings. The Balaban J connectivity index is 1.67. The number of carbonyl (C=O) groups excluding carboxylic acids is 1. The van der Waals surface area contributed by atoms with E-state index in [0.717, 1.165) is 11.1 Å². The topological polar surface area (TPSA) is 78.4 Å². The predicted molar refractivity (Wildman–Crippen MR) is 72.3 cm³/mol. The molecule has 0 bridgehead atoms. The van der Waals surface area contributed by atoms with E-state index in [9.17, 15) is 4.79 Å². The van der Waals surface area contributed by atoms with E-state index in [-0.39, 0.29) is 18.3 Å². The Kier molecular flexibility index (Phi) is 3.51. The molecule has 6 heteroatoms. The Labute approximate surface area is 120 Å². The van der Waals surface area contributed by atoms with Crippen LogP contribution in [0.1, 0.15) is 22.0 Å². The third kappa shape index (κ3) is 3.00. The Hall–Kier alpha value is -2.89. The summed E-state index contributed by atoms with van der Waals surface area (Å²) in [4.78, 5) is 11.6. The number of nitrogens with zero attached hydrogens (tertiary/aromatic N) is 2. The zero-order chi connectivity index (χ0) is 14.7. The summed E-state index contributed by atoms with van der Waals surface area (Å²) in [6.07, 6.45) is 1.40. The monoisotopic (exact) mass is 284 g/mol. The summed E-state index contributed by atoms with van der Waals surface area (Å²) in [6, 6.07) is 10.8. The van der Waals surface area contributed by atoms with Crippen LogP contribution in [0.15, 0.2) is 51.5 Å². The summed E-state index contributed by atoms with van der Waals surface area (Å²) in [5.41, 5.74) is 1.92. The summed E-state index contributed by atoms with van der Waals surface area (Å²) < 4.78 is 15.4. The lowest BCUT2D eigenvalue weighted by Gasteiger charge is -1.98. The lowest BCUT2D eigenvalue weighted by atomic mass is 10.1. The quantitative estimate of drug-likeness (QED) is 0.685. The smallest absolute Gasteiger partial charge is 0.374 e. The molecular weight excluding hydrogens is 272 g/mol. The molecule has 0 spiro atoms. The second-order valence-corrected chi connectivity index (χ2v) is 4.42. The molecule has 0 fully saturated rings. The van der Waals surface area contributed by atoms with Crippen molar-refractivity contribution in [1.82, 2.24) is 10.2 Å². The number of carbonyl (C=O) groups is 1. The van der Waals surface area contributed by atoms with Crippen LogP contribution in [0.25, 0.3) is 11.5 Å². The molecular formula is C15H12N2O4. The highest BCUT2D eigenvalue weighted by molar-refractivity contribution is 5.86. The maximum atomic E-state index is 11.6. The molecule has 6 nitrogen and oxygen atoms in total. The first-order valence-electron chi connectivity index (χ1n) is 6.32. The summed E-state index contributed by atoms with van der Waals surface area (Å²) in [5, 5.41) is 7.79. The SMILES string of the molecule is Cc1cccc(-c2nnc(COC(=O)c3ccco3)o2)c1. The number of ether oxygens (including phenoxy) is 1. The van der Waals surface area contributed by atoms with Gasteiger partial charge >= 0.3 is 5.97 Å². The zero-order valence-electron chi connectivity index (χ0n) is 11.3. The standard InChI is InChI=1S/C15H12N2O4/c1-10-4-2-5-11(8-10)14-17-16-13(21-14)9-20-15(18)12-6-3-7-19-12/h2-8H,9H2,1H3. The molecule has 21 heavy (non-hydrogen) atoms. The maximum absolute atomic E-state index is 11.6. The average molecular weight is 284 g/mol. The first-order chi connectivity index (χ1) is 10.2. The Morgan fingerprint density at radius 1 is 1.24 bits per heavy atom. The largest absolute Gasteiger partial charge is 0.457 e. The van der Waals surface area contributed by atoms with Gasteiger partial charge in [-0.25, -0.2) is 4.79 Å². The van der Waals surface area contributed by atoms with Crippen molar-refractivity contribution in [2.24, 2.45) is 0 Å². The molecule has 0 saturated heterocycles. The van der Waals surface area contributed by atoms with Crippen molar-refractivity contribution in [2.75, 3.05) is 0 Å². The lowest BCUT2D eigenvalue weighted by molar-refractivity contribution is 0.0402. The molecule has 2 aromatic heterocycles. The number of rotatable bonds is 4. The number of aryl methyl sites for hydroxylation is 1. The van der Waals surface area contributed by atoms with Gasteiger partial charge in [0.1, 0.15) is 0 Å². The number of benzene rings is 1. The minimum Gasteiger partial charge on any atom is -0.457 e. The highest BCUT2D eigenvalue weighted by atomic mass is 16.6. The highest BCUT2D eigenvalue weighted by Crippen LogP contribution is 2.19. The van der Waals surface area contributed by atoms with Gasteiger partial charge in [-0.3, -0.25) is 0 Å². The van der Waals surface area contributed by atoms with Gasteiger partial charge in [-0.05, 0) is 31.2 Å². The molecule has 0 aliphatic carbocycles. The fourth-order valence-corrected chi connectivity index (χ4v) is 1.80. The van der Waals surface area contributed by atoms with E-state index in [1.807, 2.05) is 31.2 Å². The van der Waals surface area contributed by atoms with Gasteiger partial charge in [-0.2, -0.15) is 0 Å². The first kappa shape index (κ1) is 13.1. The van der Waals surface area contributed by atoms with Crippen molar-refractivity contribution in [2.45, 2.75) is 13.5 Å². The Morgan fingerprint density at radius 2 is 2.14 bits per heavy atom. The van der Waals surface area contributed by atoms with Crippen LogP contribution in [-0.2, 0) is 11.3 Å². The fourth-order valence-electron chi connectivity index (χ4n) is 1.80. The Morgan fingerprint density at radius 3 is 2.90 bits per heavy atom. The van der Waals surface area contributed by atoms with Gasteiger partial charge in [0, 0.05) is 5.56 Å². The summed E-state index contributed by atoms with van der Waals surface area (Å²) in [6.45, 7) is 1.88. The molecule has 0 N–H and O–H groups in total. The van der Waals surface area contributed by atoms with Gasteiger partial charge in [0.15, 0.2) is 6.61 Å². The molecule has 0 aliphatic rings. The van der Waals surface area contributed by atoms with E-state index in [4.69, 9.17) is 13.6 Å². The third-order valence-corrected chi connectivity index (χ3v) is 2.78. The number of hydrogen-bond donors (Lipinski definition) is 0. The van der Waals surface area contributed by atoms with Gasteiger partial charge in [-0.1, -0.05) is 17.7 Å². The van der Waals surface area contributed by atoms with Gasteiger partial charge in [0.25, 0.3) is 5.89 Å². The second kappa shape index (κ2) is 5.62. The minimum atomic E-state index is -0.574. The van der Waals surface area contributed by atoms with E-state index in [0.29, 0.717) is 5.89 Å². The van der Waals surface area contributed by atoms with Gasteiger partial charge in [0.2, 0.25) is 11.7 Å². The Bertz CT molecular complexity index is 747. The van der Waals surface area contributed by atoms with Gasteiger partial charge in [-0.15, -0.1) is 10.2 Å². The van der Waals surface area contributed by atoms with Crippen molar-refractivity contribution in [3.8, 4) is 11.5 Å². The molecule has 0 aliphatic heterocycles. The van der Waals surface area contributed by atoms with Crippen molar-refractivity contribution >= 4 is 5.97 Å². The van der Waals surface area contributed by atoms with Crippen LogP contribution in [0, 0.1) is 6.92 Å². The van der Waals surface area contributed by atoms with Crippen LogP contribution in [-0.4, -0.2) is 16.2 Å². The van der Waals surface area contributed by atoms with Crippen molar-refractivity contribution < 1.29 is 18.4 Å². The van der Waals surface area contributed by atoms with Crippen LogP contribution >= 0.6 is 0 Å². The van der Waals surface area contributed by atoms with Crippen LogP contribution in [0.2, 0.25) is 0 Å². The van der Waals surface area contributed by atoms with E-state index in [2.05, 4.69) is 10.2 Å². The molecule has 3 rings (SSSR count). The van der Waals surface area contributed by atoms with Crippen molar-refractivity contribution in [3.63, 3.8) is 0 Å². The fraction of sp³-hybridized carbons (Fsp3) is 0.133. The molecule has 2 heterocycles. The van der Waals surface area contributed by atoms with E-state index >= 15 is 0 Å². The van der Waals surface area contributed by atoms with Gasteiger partial charge in [0.05, 0.1) is 6.26 Å². The van der Waals surface area contributed by atoms with Crippen molar-refractivity contribution in [3.05, 3.63) is 59.9 Å². The van der Waals surface area contributed by atoms with E-state index < -0.39 is 5.97 Å². The molecule has 106 valence electrons. The second-order valence-electron chi connectivity index (χ2n) is 4.42. The summed E-state index contributed by atoms with van der Waals surface area (Å²) in [5.74, 6) is 0.179. The third-order valence-electron chi connectivity index (χ3n) is 2.78. The number of hydrogen-bond acceptors (Lipinski definition) is 6. The molecule has 0 amide bonds. The minimum absolute atomic E-state index is 0.0989. The highest BCUT2D eigenvalue weighted by Gasteiger charge is 2.13. The van der Waals surface area contributed by atoms with Crippen LogP contribution in [0.5, 0.6) is 0 Å². The molecule has 0 atom stereocenters. The lowest BCUT2D eigenvalue weighted by Crippen LogP contribution is -2.04. The molecule has 1 aromatic carbocycles. The molecule has 0 unspecified atom stereocenters. The van der Waals surface area contributed by atoms with E-state index in [1.54, 1.807) is 6.07 Å². The van der Waals surface area contributed by atoms with Crippen LogP contribution in [0.3, 0.4) is 0 Å². The maximum Gasteiger partial charge on any atom is 0.374 e. The van der Waals surface area contributed by atoms with Crippen LogP contribution in [0.4, 0.5) is 0 Å². The predicted octanol–water partition coefficient (Wildman–Crippen LogP) is 3.00. The average Bonchev–Trinajstić information content (AvgIpc) is 3.16.